The Morgan fingerprint density at radius 3 is 2.44 bits per heavy atom. The SMILES string of the molecule is CC(C)N(C(=O)c1nn(-c2ccc(F)cc2F)c2c1C1CCC2C1)C(C)C. The van der Waals surface area contributed by atoms with Gasteiger partial charge in [0.1, 0.15) is 11.5 Å². The van der Waals surface area contributed by atoms with Crippen molar-refractivity contribution in [2.24, 2.45) is 0 Å². The molecule has 0 aliphatic heterocycles. The predicted molar refractivity (Wildman–Crippen MR) is 99.3 cm³/mol. The summed E-state index contributed by atoms with van der Waals surface area (Å²) in [6, 6.07) is 3.59. The molecular weight excluding hydrogens is 348 g/mol. The first-order valence-electron chi connectivity index (χ1n) is 9.70. The van der Waals surface area contributed by atoms with Gasteiger partial charge in [-0.3, -0.25) is 4.79 Å². The maximum absolute atomic E-state index is 14.5. The molecule has 1 amide bonds. The van der Waals surface area contributed by atoms with Crippen molar-refractivity contribution in [2.75, 3.05) is 0 Å². The highest BCUT2D eigenvalue weighted by molar-refractivity contribution is 5.95. The normalized spacial score (nSPS) is 20.6. The molecular formula is C21H25F2N3O. The summed E-state index contributed by atoms with van der Waals surface area (Å²) in [7, 11) is 0. The van der Waals surface area contributed by atoms with Crippen molar-refractivity contribution in [3.8, 4) is 5.69 Å². The van der Waals surface area contributed by atoms with E-state index in [9.17, 15) is 13.6 Å². The van der Waals surface area contributed by atoms with Crippen LogP contribution in [0.4, 0.5) is 8.78 Å². The van der Waals surface area contributed by atoms with Crippen molar-refractivity contribution in [3.63, 3.8) is 0 Å². The molecule has 4 rings (SSSR count). The summed E-state index contributed by atoms with van der Waals surface area (Å²) in [5, 5.41) is 4.58. The van der Waals surface area contributed by atoms with Crippen LogP contribution in [0.3, 0.4) is 0 Å². The highest BCUT2D eigenvalue weighted by Crippen LogP contribution is 2.54. The Balaban J connectivity index is 1.88. The van der Waals surface area contributed by atoms with Crippen molar-refractivity contribution in [2.45, 2.75) is 70.9 Å². The summed E-state index contributed by atoms with van der Waals surface area (Å²) < 4.78 is 29.4. The number of carbonyl (C=O) groups is 1. The number of halogens is 2. The molecule has 1 saturated carbocycles. The first-order chi connectivity index (χ1) is 12.8. The lowest BCUT2D eigenvalue weighted by Gasteiger charge is -2.30. The zero-order valence-corrected chi connectivity index (χ0v) is 16.2. The van der Waals surface area contributed by atoms with E-state index in [0.717, 1.165) is 36.6 Å². The van der Waals surface area contributed by atoms with Gasteiger partial charge in [-0.15, -0.1) is 0 Å². The highest BCUT2D eigenvalue weighted by Gasteiger charge is 2.45. The minimum Gasteiger partial charge on any atom is -0.332 e. The monoisotopic (exact) mass is 373 g/mol. The van der Waals surface area contributed by atoms with Crippen LogP contribution < -0.4 is 0 Å². The number of aromatic nitrogens is 2. The lowest BCUT2D eigenvalue weighted by atomic mass is 9.94. The van der Waals surface area contributed by atoms with E-state index in [1.807, 2.05) is 32.6 Å². The van der Waals surface area contributed by atoms with Crippen molar-refractivity contribution in [1.29, 1.82) is 0 Å². The molecule has 0 N–H and O–H groups in total. The summed E-state index contributed by atoms with van der Waals surface area (Å²) in [6.45, 7) is 7.95. The Morgan fingerprint density at radius 2 is 1.81 bits per heavy atom. The Morgan fingerprint density at radius 1 is 1.15 bits per heavy atom. The topological polar surface area (TPSA) is 38.1 Å². The van der Waals surface area contributed by atoms with Gasteiger partial charge in [0.25, 0.3) is 5.91 Å². The van der Waals surface area contributed by atoms with E-state index in [2.05, 4.69) is 5.10 Å². The van der Waals surface area contributed by atoms with E-state index in [1.165, 1.54) is 12.1 Å². The smallest absolute Gasteiger partial charge is 0.275 e. The number of nitrogens with zero attached hydrogens (tertiary/aromatic N) is 3. The Kier molecular flexibility index (Phi) is 4.32. The summed E-state index contributed by atoms with van der Waals surface area (Å²) in [4.78, 5) is 15.2. The van der Waals surface area contributed by atoms with Crippen LogP contribution in [-0.4, -0.2) is 32.7 Å². The van der Waals surface area contributed by atoms with Crippen LogP contribution in [0.15, 0.2) is 18.2 Å². The zero-order valence-electron chi connectivity index (χ0n) is 16.2. The first kappa shape index (κ1) is 18.1. The molecule has 4 nitrogen and oxygen atoms in total. The fourth-order valence-electron chi connectivity index (χ4n) is 4.91. The van der Waals surface area contributed by atoms with Crippen molar-refractivity contribution >= 4 is 5.91 Å². The maximum atomic E-state index is 14.5. The molecule has 1 aromatic heterocycles. The standard InChI is InChI=1S/C21H25F2N3O/c1-11(2)25(12(3)4)21(27)19-18-13-5-6-14(9-13)20(18)26(24-19)17-8-7-15(22)10-16(17)23/h7-8,10-14H,5-6,9H2,1-4H3. The third kappa shape index (κ3) is 2.77. The fraction of sp³-hybridized carbons (Fsp3) is 0.524. The molecule has 144 valence electrons. The minimum atomic E-state index is -0.661. The fourth-order valence-corrected chi connectivity index (χ4v) is 4.91. The zero-order chi connectivity index (χ0) is 19.5. The molecule has 2 unspecified atom stereocenters. The van der Waals surface area contributed by atoms with Crippen molar-refractivity contribution in [3.05, 3.63) is 46.8 Å². The second-order valence-electron chi connectivity index (χ2n) is 8.26. The number of fused-ring (bicyclic) bond motifs is 5. The second kappa shape index (κ2) is 6.43. The van der Waals surface area contributed by atoms with E-state index in [1.54, 1.807) is 4.68 Å². The number of hydrogen-bond donors (Lipinski definition) is 0. The van der Waals surface area contributed by atoms with Gasteiger partial charge in [-0.25, -0.2) is 13.5 Å². The molecule has 0 radical (unpaired) electrons. The van der Waals surface area contributed by atoms with Crippen LogP contribution in [0.25, 0.3) is 5.69 Å². The summed E-state index contributed by atoms with van der Waals surface area (Å²) in [5.74, 6) is -0.794. The molecule has 1 heterocycles. The highest BCUT2D eigenvalue weighted by atomic mass is 19.1. The van der Waals surface area contributed by atoms with Gasteiger partial charge in [-0.1, -0.05) is 0 Å². The van der Waals surface area contributed by atoms with Crippen LogP contribution in [0.1, 0.15) is 80.5 Å². The molecule has 6 heteroatoms. The number of rotatable bonds is 4. The molecule has 2 aromatic rings. The molecule has 2 bridgehead atoms. The van der Waals surface area contributed by atoms with Crippen LogP contribution in [0.2, 0.25) is 0 Å². The third-order valence-corrected chi connectivity index (χ3v) is 5.87. The molecule has 2 atom stereocenters. The van der Waals surface area contributed by atoms with E-state index in [-0.39, 0.29) is 29.6 Å². The summed E-state index contributed by atoms with van der Waals surface area (Å²) in [5.41, 5.74) is 2.56. The Labute approximate surface area is 158 Å². The van der Waals surface area contributed by atoms with Gasteiger partial charge in [0.2, 0.25) is 0 Å². The third-order valence-electron chi connectivity index (χ3n) is 5.87. The molecule has 1 fully saturated rings. The Bertz CT molecular complexity index is 895. The van der Waals surface area contributed by atoms with Gasteiger partial charge in [0, 0.05) is 29.6 Å². The van der Waals surface area contributed by atoms with Gasteiger partial charge in [-0.2, -0.15) is 5.10 Å². The van der Waals surface area contributed by atoms with E-state index in [0.29, 0.717) is 11.6 Å². The lowest BCUT2D eigenvalue weighted by Crippen LogP contribution is -2.42. The first-order valence-corrected chi connectivity index (χ1v) is 9.70. The average molecular weight is 373 g/mol. The van der Waals surface area contributed by atoms with Crippen LogP contribution >= 0.6 is 0 Å². The number of hydrogen-bond acceptors (Lipinski definition) is 2. The van der Waals surface area contributed by atoms with Crippen molar-refractivity contribution in [1.82, 2.24) is 14.7 Å². The van der Waals surface area contributed by atoms with Gasteiger partial charge >= 0.3 is 0 Å². The maximum Gasteiger partial charge on any atom is 0.275 e. The second-order valence-corrected chi connectivity index (χ2v) is 8.26. The quantitative estimate of drug-likeness (QED) is 0.774. The number of carbonyl (C=O) groups excluding carboxylic acids is 1. The van der Waals surface area contributed by atoms with Gasteiger partial charge < -0.3 is 4.90 Å². The minimum absolute atomic E-state index is 0.0412. The molecule has 2 aliphatic carbocycles. The molecule has 0 saturated heterocycles. The van der Waals surface area contributed by atoms with E-state index >= 15 is 0 Å². The van der Waals surface area contributed by atoms with Gasteiger partial charge in [-0.05, 0) is 65.0 Å². The summed E-state index contributed by atoms with van der Waals surface area (Å²) >= 11 is 0. The van der Waals surface area contributed by atoms with Gasteiger partial charge in [0.15, 0.2) is 11.5 Å². The molecule has 0 spiro atoms. The number of amides is 1. The molecule has 27 heavy (non-hydrogen) atoms. The van der Waals surface area contributed by atoms with Crippen LogP contribution in [0.5, 0.6) is 0 Å². The largest absolute Gasteiger partial charge is 0.332 e. The average Bonchev–Trinajstić information content (AvgIpc) is 3.26. The number of benzene rings is 1. The Hall–Kier alpha value is -2.24. The van der Waals surface area contributed by atoms with Gasteiger partial charge in [0.05, 0.1) is 5.69 Å². The predicted octanol–water partition coefficient (Wildman–Crippen LogP) is 4.77. The van der Waals surface area contributed by atoms with E-state index in [4.69, 9.17) is 0 Å². The van der Waals surface area contributed by atoms with E-state index < -0.39 is 11.6 Å². The summed E-state index contributed by atoms with van der Waals surface area (Å²) in [6.07, 6.45) is 3.05. The molecule has 1 aromatic carbocycles. The molecule has 2 aliphatic rings. The van der Waals surface area contributed by atoms with Crippen LogP contribution in [0, 0.1) is 11.6 Å². The van der Waals surface area contributed by atoms with Crippen LogP contribution in [-0.2, 0) is 0 Å². The lowest BCUT2D eigenvalue weighted by molar-refractivity contribution is 0.0635. The van der Waals surface area contributed by atoms with Crippen molar-refractivity contribution < 1.29 is 13.6 Å².